The second kappa shape index (κ2) is 3.45. The van der Waals surface area contributed by atoms with Crippen LogP contribution < -0.4 is 0 Å². The van der Waals surface area contributed by atoms with Crippen LogP contribution in [0.4, 0.5) is 0 Å². The molecular weight excluding hydrogens is 210 g/mol. The number of hydrogen-bond acceptors (Lipinski definition) is 2. The minimum atomic E-state index is -2.94. The van der Waals surface area contributed by atoms with Crippen LogP contribution in [0.1, 0.15) is 40.0 Å². The minimum Gasteiger partial charge on any atom is -0.212 e. The van der Waals surface area contributed by atoms with Gasteiger partial charge in [-0.3, -0.25) is 0 Å². The van der Waals surface area contributed by atoms with Crippen molar-refractivity contribution in [2.75, 3.05) is 12.3 Å². The number of nitrogens with zero attached hydrogens (tertiary/aromatic N) is 1. The number of sulfonamides is 1. The van der Waals surface area contributed by atoms with Crippen LogP contribution in [0, 0.1) is 11.3 Å². The lowest BCUT2D eigenvalue weighted by atomic mass is 9.92. The summed E-state index contributed by atoms with van der Waals surface area (Å²) in [6.45, 7) is 7.24. The van der Waals surface area contributed by atoms with Gasteiger partial charge in [0, 0.05) is 12.6 Å². The standard InChI is InChI=1S/C11H21NO2S/c1-9-7-12(15(13,14)8-9)10-4-5-11(2,3)6-10/h9-10H,4-8H2,1-3H3. The molecule has 1 saturated carbocycles. The van der Waals surface area contributed by atoms with E-state index >= 15 is 0 Å². The molecule has 2 aliphatic rings. The molecule has 0 aromatic carbocycles. The first-order chi connectivity index (χ1) is 6.80. The molecule has 0 bridgehead atoms. The van der Waals surface area contributed by atoms with E-state index in [0.29, 0.717) is 17.1 Å². The average Bonchev–Trinajstić information content (AvgIpc) is 2.51. The van der Waals surface area contributed by atoms with E-state index in [1.54, 1.807) is 4.31 Å². The van der Waals surface area contributed by atoms with Crippen LogP contribution >= 0.6 is 0 Å². The zero-order valence-corrected chi connectivity index (χ0v) is 10.7. The summed E-state index contributed by atoms with van der Waals surface area (Å²) in [4.78, 5) is 0. The zero-order valence-electron chi connectivity index (χ0n) is 9.86. The summed E-state index contributed by atoms with van der Waals surface area (Å²) in [6, 6.07) is 0.273. The van der Waals surface area contributed by atoms with Crippen LogP contribution in [0.5, 0.6) is 0 Å². The highest BCUT2D eigenvalue weighted by atomic mass is 32.2. The van der Waals surface area contributed by atoms with Crippen molar-refractivity contribution in [3.05, 3.63) is 0 Å². The summed E-state index contributed by atoms with van der Waals surface area (Å²) in [6.07, 6.45) is 3.22. The Kier molecular flexibility index (Phi) is 2.62. The van der Waals surface area contributed by atoms with Crippen molar-refractivity contribution >= 4 is 10.0 Å². The lowest BCUT2D eigenvalue weighted by molar-refractivity contribution is 0.293. The fourth-order valence-corrected chi connectivity index (χ4v) is 5.08. The van der Waals surface area contributed by atoms with Crippen LogP contribution in [0.25, 0.3) is 0 Å². The van der Waals surface area contributed by atoms with Gasteiger partial charge in [0.1, 0.15) is 0 Å². The first-order valence-corrected chi connectivity index (χ1v) is 7.41. The molecule has 1 saturated heterocycles. The highest BCUT2D eigenvalue weighted by Crippen LogP contribution is 2.41. The lowest BCUT2D eigenvalue weighted by Crippen LogP contribution is -2.35. The molecule has 0 spiro atoms. The van der Waals surface area contributed by atoms with Crippen molar-refractivity contribution < 1.29 is 8.42 Å². The van der Waals surface area contributed by atoms with E-state index in [1.807, 2.05) is 6.92 Å². The molecule has 0 N–H and O–H groups in total. The molecule has 2 atom stereocenters. The maximum absolute atomic E-state index is 11.9. The second-order valence-electron chi connectivity index (χ2n) is 6.01. The van der Waals surface area contributed by atoms with Crippen LogP contribution in [-0.4, -0.2) is 31.1 Å². The van der Waals surface area contributed by atoms with Gasteiger partial charge in [0.25, 0.3) is 0 Å². The van der Waals surface area contributed by atoms with Gasteiger partial charge < -0.3 is 0 Å². The summed E-state index contributed by atoms with van der Waals surface area (Å²) >= 11 is 0. The van der Waals surface area contributed by atoms with E-state index in [9.17, 15) is 8.42 Å². The van der Waals surface area contributed by atoms with Gasteiger partial charge in [-0.15, -0.1) is 0 Å². The second-order valence-corrected chi connectivity index (χ2v) is 7.98. The first-order valence-electron chi connectivity index (χ1n) is 5.80. The molecule has 1 aliphatic heterocycles. The molecule has 0 amide bonds. The van der Waals surface area contributed by atoms with Crippen LogP contribution in [-0.2, 0) is 10.0 Å². The normalized spacial score (nSPS) is 39.7. The number of hydrogen-bond donors (Lipinski definition) is 0. The fourth-order valence-electron chi connectivity index (χ4n) is 2.95. The van der Waals surface area contributed by atoms with Gasteiger partial charge in [0.2, 0.25) is 10.0 Å². The Morgan fingerprint density at radius 1 is 1.33 bits per heavy atom. The Morgan fingerprint density at radius 2 is 2.00 bits per heavy atom. The third-order valence-corrected chi connectivity index (χ3v) is 5.85. The molecule has 1 heterocycles. The summed E-state index contributed by atoms with van der Waals surface area (Å²) < 4.78 is 25.6. The molecule has 0 aromatic rings. The fraction of sp³-hybridized carbons (Fsp3) is 1.00. The molecule has 15 heavy (non-hydrogen) atoms. The highest BCUT2D eigenvalue weighted by molar-refractivity contribution is 7.89. The molecule has 2 unspecified atom stereocenters. The van der Waals surface area contributed by atoms with Crippen molar-refractivity contribution in [2.24, 2.45) is 11.3 Å². The first kappa shape index (κ1) is 11.4. The predicted molar refractivity (Wildman–Crippen MR) is 61.1 cm³/mol. The van der Waals surface area contributed by atoms with Gasteiger partial charge in [-0.05, 0) is 30.6 Å². The van der Waals surface area contributed by atoms with Crippen molar-refractivity contribution in [3.8, 4) is 0 Å². The lowest BCUT2D eigenvalue weighted by Gasteiger charge is -2.24. The van der Waals surface area contributed by atoms with E-state index in [1.165, 1.54) is 0 Å². The van der Waals surface area contributed by atoms with E-state index in [0.717, 1.165) is 25.8 Å². The Balaban J connectivity index is 2.13. The van der Waals surface area contributed by atoms with Gasteiger partial charge in [-0.2, -0.15) is 4.31 Å². The summed E-state index contributed by atoms with van der Waals surface area (Å²) in [7, 11) is -2.94. The molecule has 1 aliphatic carbocycles. The van der Waals surface area contributed by atoms with E-state index in [-0.39, 0.29) is 6.04 Å². The van der Waals surface area contributed by atoms with Crippen LogP contribution in [0.15, 0.2) is 0 Å². The van der Waals surface area contributed by atoms with Crippen LogP contribution in [0.2, 0.25) is 0 Å². The third kappa shape index (κ3) is 2.21. The summed E-state index contributed by atoms with van der Waals surface area (Å²) in [5.74, 6) is 0.655. The van der Waals surface area contributed by atoms with Gasteiger partial charge in [0.05, 0.1) is 5.75 Å². The smallest absolute Gasteiger partial charge is 0.212 e. The summed E-state index contributed by atoms with van der Waals surface area (Å²) in [5, 5.41) is 0. The molecule has 3 nitrogen and oxygen atoms in total. The molecule has 4 heteroatoms. The summed E-state index contributed by atoms with van der Waals surface area (Å²) in [5.41, 5.74) is 0.325. The highest BCUT2D eigenvalue weighted by Gasteiger charge is 2.43. The molecule has 2 fully saturated rings. The SMILES string of the molecule is CC1CN(C2CCC(C)(C)C2)S(=O)(=O)C1. The van der Waals surface area contributed by atoms with Gasteiger partial charge in [-0.1, -0.05) is 20.8 Å². The van der Waals surface area contributed by atoms with Crippen molar-refractivity contribution in [1.82, 2.24) is 4.31 Å². The Morgan fingerprint density at radius 3 is 2.40 bits per heavy atom. The van der Waals surface area contributed by atoms with Gasteiger partial charge in [-0.25, -0.2) is 8.42 Å². The maximum Gasteiger partial charge on any atom is 0.214 e. The predicted octanol–water partition coefficient (Wildman–Crippen LogP) is 1.85. The molecule has 0 aromatic heterocycles. The third-order valence-electron chi connectivity index (χ3n) is 3.69. The van der Waals surface area contributed by atoms with Gasteiger partial charge in [0.15, 0.2) is 0 Å². The zero-order chi connectivity index (χ0) is 11.3. The van der Waals surface area contributed by atoms with Gasteiger partial charge >= 0.3 is 0 Å². The Labute approximate surface area is 92.9 Å². The molecule has 88 valence electrons. The largest absolute Gasteiger partial charge is 0.214 e. The van der Waals surface area contributed by atoms with Crippen LogP contribution in [0.3, 0.4) is 0 Å². The average molecular weight is 231 g/mol. The quantitative estimate of drug-likeness (QED) is 0.690. The topological polar surface area (TPSA) is 37.4 Å². The molecule has 2 rings (SSSR count). The monoisotopic (exact) mass is 231 g/mol. The Bertz CT molecular complexity index is 348. The molecule has 0 radical (unpaired) electrons. The van der Waals surface area contributed by atoms with Crippen molar-refractivity contribution in [1.29, 1.82) is 0 Å². The van der Waals surface area contributed by atoms with Crippen molar-refractivity contribution in [2.45, 2.75) is 46.1 Å². The minimum absolute atomic E-state index is 0.273. The van der Waals surface area contributed by atoms with Crippen molar-refractivity contribution in [3.63, 3.8) is 0 Å². The molecular formula is C11H21NO2S. The number of rotatable bonds is 1. The van der Waals surface area contributed by atoms with E-state index in [2.05, 4.69) is 13.8 Å². The maximum atomic E-state index is 11.9. The van der Waals surface area contributed by atoms with E-state index < -0.39 is 10.0 Å². The van der Waals surface area contributed by atoms with E-state index in [4.69, 9.17) is 0 Å². The Hall–Kier alpha value is -0.0900.